The van der Waals surface area contributed by atoms with E-state index in [-0.39, 0.29) is 6.04 Å². The fourth-order valence-electron chi connectivity index (χ4n) is 2.22. The molecule has 1 aromatic rings. The first-order valence-corrected chi connectivity index (χ1v) is 6.68. The number of hydrazine groups is 1. The van der Waals surface area contributed by atoms with Crippen molar-refractivity contribution in [3.05, 3.63) is 21.4 Å². The minimum atomic E-state index is 0.127. The van der Waals surface area contributed by atoms with Crippen LogP contribution in [0.25, 0.3) is 0 Å². The van der Waals surface area contributed by atoms with Gasteiger partial charge in [-0.1, -0.05) is 6.42 Å². The van der Waals surface area contributed by atoms with E-state index < -0.39 is 0 Å². The molecule has 1 atom stereocenters. The van der Waals surface area contributed by atoms with E-state index in [9.17, 15) is 0 Å². The van der Waals surface area contributed by atoms with Crippen LogP contribution in [0.1, 0.15) is 47.0 Å². The summed E-state index contributed by atoms with van der Waals surface area (Å²) >= 11 is 1.88. The zero-order chi connectivity index (χ0) is 11.4. The van der Waals surface area contributed by atoms with Crippen LogP contribution in [0.4, 0.5) is 0 Å². The second-order valence-electron chi connectivity index (χ2n) is 4.29. The van der Waals surface area contributed by atoms with Crippen LogP contribution in [0.3, 0.4) is 0 Å². The van der Waals surface area contributed by atoms with Gasteiger partial charge in [0.15, 0.2) is 0 Å². The Balaban J connectivity index is 2.20. The van der Waals surface area contributed by atoms with Gasteiger partial charge >= 0.3 is 0 Å². The molecule has 86 valence electrons. The molecule has 0 aliphatic heterocycles. The average molecular weight is 234 g/mol. The molecule has 0 saturated heterocycles. The Hall–Kier alpha value is -0.820. The van der Waals surface area contributed by atoms with E-state index >= 15 is 0 Å². The Labute approximate surface area is 101 Å². The van der Waals surface area contributed by atoms with Crippen LogP contribution in [0.15, 0.2) is 6.07 Å². The standard InChI is InChI=1S/C13H18N2S/c1-2-6-11(15-14)13-9-10-7-4-3-5-8-12(10)16-13/h1,9,11,15H,3-8,14H2. The average Bonchev–Trinajstić information content (AvgIpc) is 2.57. The molecular formula is C13H18N2S. The predicted octanol–water partition coefficient (Wildman–Crippen LogP) is 2.54. The lowest BCUT2D eigenvalue weighted by Gasteiger charge is -2.09. The SMILES string of the molecule is C#CCC(NN)c1cc2c(s1)CCCCC2. The molecule has 0 radical (unpaired) electrons. The van der Waals surface area contributed by atoms with Crippen LogP contribution in [0.5, 0.6) is 0 Å². The minimum Gasteiger partial charge on any atom is -0.271 e. The summed E-state index contributed by atoms with van der Waals surface area (Å²) < 4.78 is 0. The van der Waals surface area contributed by atoms with Gasteiger partial charge in [-0.2, -0.15) is 0 Å². The Bertz CT molecular complexity index is 366. The molecule has 1 unspecified atom stereocenters. The van der Waals surface area contributed by atoms with Gasteiger partial charge < -0.3 is 0 Å². The maximum Gasteiger partial charge on any atom is 0.0662 e. The molecule has 0 fully saturated rings. The summed E-state index contributed by atoms with van der Waals surface area (Å²) in [6.07, 6.45) is 12.5. The second kappa shape index (κ2) is 5.49. The number of nitrogens with two attached hydrogens (primary N) is 1. The van der Waals surface area contributed by atoms with Crippen molar-refractivity contribution in [2.75, 3.05) is 0 Å². The fourth-order valence-corrected chi connectivity index (χ4v) is 3.54. The number of nitrogens with one attached hydrogen (secondary N) is 1. The molecule has 1 aliphatic rings. The first-order valence-electron chi connectivity index (χ1n) is 5.86. The molecule has 1 heterocycles. The van der Waals surface area contributed by atoms with Crippen molar-refractivity contribution in [2.45, 2.75) is 44.6 Å². The zero-order valence-corrected chi connectivity index (χ0v) is 10.3. The lowest BCUT2D eigenvalue weighted by molar-refractivity contribution is 0.576. The highest BCUT2D eigenvalue weighted by Crippen LogP contribution is 2.32. The van der Waals surface area contributed by atoms with Crippen molar-refractivity contribution < 1.29 is 0 Å². The van der Waals surface area contributed by atoms with E-state index in [1.807, 2.05) is 11.3 Å². The highest BCUT2D eigenvalue weighted by atomic mass is 32.1. The molecule has 1 aromatic heterocycles. The van der Waals surface area contributed by atoms with Crippen LogP contribution < -0.4 is 11.3 Å². The van der Waals surface area contributed by atoms with Gasteiger partial charge in [-0.15, -0.1) is 23.7 Å². The van der Waals surface area contributed by atoms with Gasteiger partial charge in [-0.25, -0.2) is 0 Å². The number of thiophene rings is 1. The molecule has 3 N–H and O–H groups in total. The Morgan fingerprint density at radius 3 is 3.00 bits per heavy atom. The van der Waals surface area contributed by atoms with E-state index in [1.165, 1.54) is 42.5 Å². The summed E-state index contributed by atoms with van der Waals surface area (Å²) in [4.78, 5) is 2.84. The quantitative estimate of drug-likeness (QED) is 0.365. The van der Waals surface area contributed by atoms with Gasteiger partial charge in [0.25, 0.3) is 0 Å². The second-order valence-corrected chi connectivity index (χ2v) is 5.45. The highest BCUT2D eigenvalue weighted by molar-refractivity contribution is 7.12. The first-order chi connectivity index (χ1) is 7.85. The summed E-state index contributed by atoms with van der Waals surface area (Å²) in [6.45, 7) is 0. The van der Waals surface area contributed by atoms with Crippen LogP contribution in [0, 0.1) is 12.3 Å². The van der Waals surface area contributed by atoms with E-state index in [4.69, 9.17) is 12.3 Å². The highest BCUT2D eigenvalue weighted by Gasteiger charge is 2.16. The largest absolute Gasteiger partial charge is 0.271 e. The molecule has 2 rings (SSSR count). The summed E-state index contributed by atoms with van der Waals surface area (Å²) in [7, 11) is 0. The van der Waals surface area contributed by atoms with E-state index in [0.717, 1.165) is 0 Å². The lowest BCUT2D eigenvalue weighted by atomic mass is 10.1. The zero-order valence-electron chi connectivity index (χ0n) is 9.46. The Kier molecular flexibility index (Phi) is 4.00. The third-order valence-electron chi connectivity index (χ3n) is 3.13. The lowest BCUT2D eigenvalue weighted by Crippen LogP contribution is -2.27. The van der Waals surface area contributed by atoms with Gasteiger partial charge in [0, 0.05) is 16.2 Å². The van der Waals surface area contributed by atoms with Gasteiger partial charge in [0.2, 0.25) is 0 Å². The normalized spacial score (nSPS) is 17.2. The third kappa shape index (κ3) is 2.46. The number of hydrogen-bond donors (Lipinski definition) is 2. The molecule has 0 amide bonds. The van der Waals surface area contributed by atoms with E-state index in [2.05, 4.69) is 17.4 Å². The number of fused-ring (bicyclic) bond motifs is 1. The van der Waals surface area contributed by atoms with Gasteiger partial charge in [-0.05, 0) is 37.3 Å². The summed E-state index contributed by atoms with van der Waals surface area (Å²) in [5.41, 5.74) is 4.33. The van der Waals surface area contributed by atoms with Crippen molar-refractivity contribution in [2.24, 2.45) is 5.84 Å². The summed E-state index contributed by atoms with van der Waals surface area (Å²) in [5.74, 6) is 8.21. The van der Waals surface area contributed by atoms with Crippen molar-refractivity contribution in [3.8, 4) is 12.3 Å². The molecule has 0 spiro atoms. The first kappa shape index (κ1) is 11.7. The van der Waals surface area contributed by atoms with Crippen LogP contribution in [0.2, 0.25) is 0 Å². The van der Waals surface area contributed by atoms with E-state index in [0.29, 0.717) is 6.42 Å². The molecular weight excluding hydrogens is 216 g/mol. The van der Waals surface area contributed by atoms with Crippen LogP contribution in [-0.2, 0) is 12.8 Å². The van der Waals surface area contributed by atoms with Gasteiger partial charge in [0.1, 0.15) is 0 Å². The molecule has 0 saturated carbocycles. The number of aryl methyl sites for hydroxylation is 2. The molecule has 0 aromatic carbocycles. The predicted molar refractivity (Wildman–Crippen MR) is 69.1 cm³/mol. The maximum absolute atomic E-state index is 5.54. The molecule has 1 aliphatic carbocycles. The molecule has 3 heteroatoms. The molecule has 0 bridgehead atoms. The van der Waals surface area contributed by atoms with E-state index in [1.54, 1.807) is 4.88 Å². The fraction of sp³-hybridized carbons (Fsp3) is 0.538. The number of hydrogen-bond acceptors (Lipinski definition) is 3. The molecule has 2 nitrogen and oxygen atoms in total. The smallest absolute Gasteiger partial charge is 0.0662 e. The molecule has 16 heavy (non-hydrogen) atoms. The van der Waals surface area contributed by atoms with Crippen molar-refractivity contribution in [1.29, 1.82) is 0 Å². The summed E-state index contributed by atoms with van der Waals surface area (Å²) in [6, 6.07) is 2.43. The van der Waals surface area contributed by atoms with Gasteiger partial charge in [-0.3, -0.25) is 11.3 Å². The van der Waals surface area contributed by atoms with Crippen LogP contribution >= 0.6 is 11.3 Å². The van der Waals surface area contributed by atoms with Crippen molar-refractivity contribution in [3.63, 3.8) is 0 Å². The topological polar surface area (TPSA) is 38.0 Å². The van der Waals surface area contributed by atoms with Crippen LogP contribution in [-0.4, -0.2) is 0 Å². The monoisotopic (exact) mass is 234 g/mol. The number of rotatable bonds is 3. The maximum atomic E-state index is 5.54. The minimum absolute atomic E-state index is 0.127. The number of terminal acetylenes is 1. The summed E-state index contributed by atoms with van der Waals surface area (Å²) in [5, 5.41) is 0. The van der Waals surface area contributed by atoms with Crippen molar-refractivity contribution in [1.82, 2.24) is 5.43 Å². The Morgan fingerprint density at radius 1 is 1.44 bits per heavy atom. The third-order valence-corrected chi connectivity index (χ3v) is 4.48. The van der Waals surface area contributed by atoms with Crippen molar-refractivity contribution >= 4 is 11.3 Å². The Morgan fingerprint density at radius 2 is 2.25 bits per heavy atom. The van der Waals surface area contributed by atoms with Gasteiger partial charge in [0.05, 0.1) is 6.04 Å².